The summed E-state index contributed by atoms with van der Waals surface area (Å²) in [6.07, 6.45) is 3.48. The fraction of sp³-hybridized carbons (Fsp3) is 0.214. The number of H-pyrrole nitrogens is 1. The van der Waals surface area contributed by atoms with Crippen LogP contribution in [0.5, 0.6) is 0 Å². The van der Waals surface area contributed by atoms with Gasteiger partial charge in [0.25, 0.3) is 15.9 Å². The zero-order chi connectivity index (χ0) is 15.3. The number of sulfonamides is 1. The van der Waals surface area contributed by atoms with Crippen molar-refractivity contribution in [3.63, 3.8) is 0 Å². The molecule has 0 fully saturated rings. The summed E-state index contributed by atoms with van der Waals surface area (Å²) < 4.78 is 24.1. The lowest BCUT2D eigenvalue weighted by Crippen LogP contribution is -2.41. The van der Waals surface area contributed by atoms with Crippen LogP contribution >= 0.6 is 0 Å². The smallest absolute Gasteiger partial charge is 0.282 e. The molecule has 0 aliphatic carbocycles. The molecule has 7 heteroatoms. The Hall–Kier alpha value is -2.12. The van der Waals surface area contributed by atoms with E-state index >= 15 is 0 Å². The number of carbonyl (C=O) groups is 1. The largest absolute Gasteiger partial charge is 0.357 e. The summed E-state index contributed by atoms with van der Waals surface area (Å²) in [5, 5.41) is 0. The van der Waals surface area contributed by atoms with E-state index in [2.05, 4.69) is 22.2 Å². The highest BCUT2D eigenvalue weighted by molar-refractivity contribution is 7.89. The number of rotatable bonds is 6. The minimum absolute atomic E-state index is 0.106. The zero-order valence-electron chi connectivity index (χ0n) is 11.6. The molecule has 0 radical (unpaired) electrons. The summed E-state index contributed by atoms with van der Waals surface area (Å²) >= 11 is 0. The Morgan fingerprint density at radius 2 is 1.90 bits per heavy atom. The topological polar surface area (TPSA) is 91.1 Å². The van der Waals surface area contributed by atoms with Gasteiger partial charge in [-0.3, -0.25) is 10.2 Å². The number of aromatic amines is 1. The molecule has 0 bridgehead atoms. The first-order valence-electron chi connectivity index (χ1n) is 6.57. The Labute approximate surface area is 123 Å². The normalized spacial score (nSPS) is 11.3. The molecule has 2 aromatic rings. The van der Waals surface area contributed by atoms with E-state index in [9.17, 15) is 13.2 Å². The molecule has 0 saturated heterocycles. The van der Waals surface area contributed by atoms with Crippen molar-refractivity contribution in [2.75, 3.05) is 0 Å². The van der Waals surface area contributed by atoms with Gasteiger partial charge in [-0.1, -0.05) is 25.5 Å². The highest BCUT2D eigenvalue weighted by atomic mass is 32.2. The number of hydrogen-bond acceptors (Lipinski definition) is 3. The summed E-state index contributed by atoms with van der Waals surface area (Å²) in [6.45, 7) is 2.06. The quantitative estimate of drug-likeness (QED) is 0.708. The van der Waals surface area contributed by atoms with E-state index in [0.717, 1.165) is 18.4 Å². The Morgan fingerprint density at radius 3 is 2.48 bits per heavy atom. The van der Waals surface area contributed by atoms with Gasteiger partial charge in [-0.25, -0.2) is 8.42 Å². The maximum absolute atomic E-state index is 12.0. The molecule has 112 valence electrons. The third kappa shape index (κ3) is 3.93. The standard InChI is InChI=1S/C14H17N3O3S/c1-2-4-11-6-8-12(9-7-11)21(19,20)17-16-14(18)13-5-3-10-15-13/h3,5-10,15,17H,2,4H2,1H3,(H,16,18). The van der Waals surface area contributed by atoms with Crippen LogP contribution in [-0.4, -0.2) is 19.3 Å². The predicted octanol–water partition coefficient (Wildman–Crippen LogP) is 1.59. The molecule has 1 aromatic heterocycles. The van der Waals surface area contributed by atoms with Gasteiger partial charge in [0, 0.05) is 6.20 Å². The van der Waals surface area contributed by atoms with Crippen LogP contribution in [0.25, 0.3) is 0 Å². The van der Waals surface area contributed by atoms with Gasteiger partial charge in [0.1, 0.15) is 5.69 Å². The van der Waals surface area contributed by atoms with Crippen LogP contribution in [0.2, 0.25) is 0 Å². The van der Waals surface area contributed by atoms with Gasteiger partial charge in [0.2, 0.25) is 0 Å². The summed E-state index contributed by atoms with van der Waals surface area (Å²) in [5.41, 5.74) is 3.51. The highest BCUT2D eigenvalue weighted by Crippen LogP contribution is 2.11. The first-order valence-corrected chi connectivity index (χ1v) is 8.05. The van der Waals surface area contributed by atoms with E-state index < -0.39 is 15.9 Å². The molecule has 0 aliphatic heterocycles. The fourth-order valence-electron chi connectivity index (χ4n) is 1.84. The van der Waals surface area contributed by atoms with Gasteiger partial charge in [-0.2, -0.15) is 0 Å². The first-order chi connectivity index (χ1) is 10.0. The number of aromatic nitrogens is 1. The summed E-state index contributed by atoms with van der Waals surface area (Å²) in [6, 6.07) is 9.77. The van der Waals surface area contributed by atoms with Crippen molar-refractivity contribution in [2.24, 2.45) is 0 Å². The van der Waals surface area contributed by atoms with Crippen LogP contribution < -0.4 is 10.3 Å². The number of carbonyl (C=O) groups excluding carboxylic acids is 1. The predicted molar refractivity (Wildman–Crippen MR) is 79.0 cm³/mol. The molecular weight excluding hydrogens is 290 g/mol. The minimum Gasteiger partial charge on any atom is -0.357 e. The molecule has 1 amide bonds. The van der Waals surface area contributed by atoms with Crippen molar-refractivity contribution in [3.8, 4) is 0 Å². The lowest BCUT2D eigenvalue weighted by atomic mass is 10.1. The van der Waals surface area contributed by atoms with E-state index in [0.29, 0.717) is 0 Å². The average Bonchev–Trinajstić information content (AvgIpc) is 3.00. The molecule has 0 aliphatic rings. The number of hydrazine groups is 1. The highest BCUT2D eigenvalue weighted by Gasteiger charge is 2.15. The van der Waals surface area contributed by atoms with E-state index in [1.165, 1.54) is 12.1 Å². The monoisotopic (exact) mass is 307 g/mol. The van der Waals surface area contributed by atoms with Crippen molar-refractivity contribution in [2.45, 2.75) is 24.7 Å². The molecule has 0 atom stereocenters. The summed E-state index contributed by atoms with van der Waals surface area (Å²) in [7, 11) is -3.77. The molecule has 2 rings (SSSR count). The zero-order valence-corrected chi connectivity index (χ0v) is 12.4. The van der Waals surface area contributed by atoms with Crippen molar-refractivity contribution >= 4 is 15.9 Å². The average molecular weight is 307 g/mol. The SMILES string of the molecule is CCCc1ccc(S(=O)(=O)NNC(=O)c2ccc[nH]2)cc1. The van der Waals surface area contributed by atoms with Crippen LogP contribution in [0.3, 0.4) is 0 Å². The van der Waals surface area contributed by atoms with Gasteiger partial charge in [-0.15, -0.1) is 4.83 Å². The van der Waals surface area contributed by atoms with Crippen LogP contribution in [0.1, 0.15) is 29.4 Å². The third-order valence-corrected chi connectivity index (χ3v) is 4.18. The molecule has 0 spiro atoms. The van der Waals surface area contributed by atoms with E-state index in [-0.39, 0.29) is 10.6 Å². The third-order valence-electron chi connectivity index (χ3n) is 2.91. The van der Waals surface area contributed by atoms with E-state index in [1.807, 2.05) is 0 Å². The van der Waals surface area contributed by atoms with Crippen LogP contribution in [0.15, 0.2) is 47.5 Å². The van der Waals surface area contributed by atoms with Crippen molar-refractivity contribution < 1.29 is 13.2 Å². The fourth-order valence-corrected chi connectivity index (χ4v) is 2.67. The van der Waals surface area contributed by atoms with E-state index in [4.69, 9.17) is 0 Å². The second kappa shape index (κ2) is 6.55. The van der Waals surface area contributed by atoms with Crippen LogP contribution in [-0.2, 0) is 16.4 Å². The van der Waals surface area contributed by atoms with Gasteiger partial charge in [0.05, 0.1) is 4.90 Å². The molecule has 3 N–H and O–H groups in total. The van der Waals surface area contributed by atoms with E-state index in [1.54, 1.807) is 30.5 Å². The van der Waals surface area contributed by atoms with Gasteiger partial charge < -0.3 is 4.98 Å². The Balaban J connectivity index is 2.02. The lowest BCUT2D eigenvalue weighted by molar-refractivity contribution is 0.0940. The number of amides is 1. The van der Waals surface area contributed by atoms with Crippen molar-refractivity contribution in [3.05, 3.63) is 53.9 Å². The summed E-state index contributed by atoms with van der Waals surface area (Å²) in [4.78, 5) is 16.5. The number of hydrogen-bond donors (Lipinski definition) is 3. The maximum atomic E-state index is 12.0. The van der Waals surface area contributed by atoms with Crippen LogP contribution in [0, 0.1) is 0 Å². The molecule has 1 aromatic carbocycles. The summed E-state index contributed by atoms with van der Waals surface area (Å²) in [5.74, 6) is -0.550. The second-order valence-corrected chi connectivity index (χ2v) is 6.22. The van der Waals surface area contributed by atoms with Gasteiger partial charge in [-0.05, 0) is 36.2 Å². The maximum Gasteiger partial charge on any atom is 0.282 e. The molecule has 1 heterocycles. The molecular formula is C14H17N3O3S. The Kier molecular flexibility index (Phi) is 4.77. The molecule has 0 unspecified atom stereocenters. The Morgan fingerprint density at radius 1 is 1.19 bits per heavy atom. The Bertz CT molecular complexity index is 692. The second-order valence-electron chi connectivity index (χ2n) is 4.54. The molecule has 0 saturated carbocycles. The first kappa shape index (κ1) is 15.3. The molecule has 6 nitrogen and oxygen atoms in total. The number of aryl methyl sites for hydroxylation is 1. The van der Waals surface area contributed by atoms with Gasteiger partial charge in [0.15, 0.2) is 0 Å². The van der Waals surface area contributed by atoms with Crippen molar-refractivity contribution in [1.82, 2.24) is 15.2 Å². The lowest BCUT2D eigenvalue weighted by Gasteiger charge is -2.08. The van der Waals surface area contributed by atoms with Gasteiger partial charge >= 0.3 is 0 Å². The minimum atomic E-state index is -3.77. The molecule has 21 heavy (non-hydrogen) atoms. The van der Waals surface area contributed by atoms with Crippen molar-refractivity contribution in [1.29, 1.82) is 0 Å². The van der Waals surface area contributed by atoms with Crippen LogP contribution in [0.4, 0.5) is 0 Å². The number of nitrogens with one attached hydrogen (secondary N) is 3. The number of benzene rings is 1.